The van der Waals surface area contributed by atoms with Crippen LogP contribution in [0, 0.1) is 18.8 Å². The number of thioether (sulfide) groups is 1. The van der Waals surface area contributed by atoms with Gasteiger partial charge in [-0.3, -0.25) is 0 Å². The number of aryl methyl sites for hydroxylation is 1. The maximum absolute atomic E-state index is 4.61. The molecule has 0 aliphatic carbocycles. The van der Waals surface area contributed by atoms with Crippen molar-refractivity contribution in [2.24, 2.45) is 11.8 Å². The molecule has 0 radical (unpaired) electrons. The summed E-state index contributed by atoms with van der Waals surface area (Å²) in [5.74, 6) is 2.48. The van der Waals surface area contributed by atoms with E-state index >= 15 is 0 Å². The van der Waals surface area contributed by atoms with Gasteiger partial charge in [0.05, 0.1) is 11.0 Å². The van der Waals surface area contributed by atoms with E-state index in [0.29, 0.717) is 11.8 Å². The highest BCUT2D eigenvalue weighted by atomic mass is 79.9. The lowest BCUT2D eigenvalue weighted by molar-refractivity contribution is 0.474. The van der Waals surface area contributed by atoms with Crippen LogP contribution < -0.4 is 0 Å². The SMILES string of the molecule is Cc1ccc2nc(SCC(CBr)C(C)C)[nH]c2c1. The summed E-state index contributed by atoms with van der Waals surface area (Å²) in [4.78, 5) is 8.00. The smallest absolute Gasteiger partial charge is 0.166 e. The van der Waals surface area contributed by atoms with Gasteiger partial charge in [-0.25, -0.2) is 4.98 Å². The minimum Gasteiger partial charge on any atom is -0.333 e. The molecule has 18 heavy (non-hydrogen) atoms. The molecule has 98 valence electrons. The first-order valence-electron chi connectivity index (χ1n) is 6.25. The van der Waals surface area contributed by atoms with Crippen LogP contribution in [0.15, 0.2) is 23.4 Å². The van der Waals surface area contributed by atoms with Crippen molar-refractivity contribution in [2.75, 3.05) is 11.1 Å². The second-order valence-corrected chi connectivity index (χ2v) is 6.69. The lowest BCUT2D eigenvalue weighted by Gasteiger charge is -2.16. The zero-order valence-electron chi connectivity index (χ0n) is 11.0. The first-order valence-corrected chi connectivity index (χ1v) is 8.36. The fourth-order valence-corrected chi connectivity index (χ4v) is 4.27. The highest BCUT2D eigenvalue weighted by molar-refractivity contribution is 9.09. The van der Waals surface area contributed by atoms with Gasteiger partial charge in [0.25, 0.3) is 0 Å². The summed E-state index contributed by atoms with van der Waals surface area (Å²) < 4.78 is 0. The maximum atomic E-state index is 4.61. The van der Waals surface area contributed by atoms with Crippen LogP contribution in [0.5, 0.6) is 0 Å². The van der Waals surface area contributed by atoms with Gasteiger partial charge in [-0.15, -0.1) is 0 Å². The first-order chi connectivity index (χ1) is 8.60. The molecule has 0 aliphatic heterocycles. The molecule has 0 saturated carbocycles. The molecule has 0 fully saturated rings. The molecule has 0 bridgehead atoms. The maximum Gasteiger partial charge on any atom is 0.166 e. The Kier molecular flexibility index (Phi) is 4.73. The molecule has 1 aromatic heterocycles. The number of nitrogens with zero attached hydrogens (tertiary/aromatic N) is 1. The van der Waals surface area contributed by atoms with Crippen molar-refractivity contribution in [3.8, 4) is 0 Å². The van der Waals surface area contributed by atoms with Gasteiger partial charge >= 0.3 is 0 Å². The number of aromatic nitrogens is 2. The minimum atomic E-state index is 0.685. The van der Waals surface area contributed by atoms with E-state index in [0.717, 1.165) is 27.3 Å². The number of halogens is 1. The molecular weight excluding hydrogens is 308 g/mol. The Balaban J connectivity index is 2.08. The fourth-order valence-electron chi connectivity index (χ4n) is 1.77. The number of hydrogen-bond acceptors (Lipinski definition) is 2. The Morgan fingerprint density at radius 2 is 2.17 bits per heavy atom. The van der Waals surface area contributed by atoms with Gasteiger partial charge < -0.3 is 4.98 Å². The largest absolute Gasteiger partial charge is 0.333 e. The van der Waals surface area contributed by atoms with Gasteiger partial charge in [0.1, 0.15) is 0 Å². The van der Waals surface area contributed by atoms with Crippen molar-refractivity contribution in [1.82, 2.24) is 9.97 Å². The standard InChI is InChI=1S/C14H19BrN2S/c1-9(2)11(7-15)8-18-14-16-12-5-4-10(3)6-13(12)17-14/h4-6,9,11H,7-8H2,1-3H3,(H,16,17). The van der Waals surface area contributed by atoms with Gasteiger partial charge in [0.15, 0.2) is 5.16 Å². The second kappa shape index (κ2) is 6.11. The van der Waals surface area contributed by atoms with Crippen molar-refractivity contribution >= 4 is 38.7 Å². The molecule has 1 heterocycles. The molecule has 1 atom stereocenters. The van der Waals surface area contributed by atoms with E-state index < -0.39 is 0 Å². The molecule has 1 aromatic carbocycles. The number of imidazole rings is 1. The van der Waals surface area contributed by atoms with E-state index in [4.69, 9.17) is 0 Å². The van der Waals surface area contributed by atoms with E-state index in [9.17, 15) is 0 Å². The molecule has 2 aromatic rings. The summed E-state index contributed by atoms with van der Waals surface area (Å²) in [6.07, 6.45) is 0. The van der Waals surface area contributed by atoms with Crippen LogP contribution in [0.3, 0.4) is 0 Å². The summed E-state index contributed by atoms with van der Waals surface area (Å²) in [7, 11) is 0. The number of aromatic amines is 1. The average Bonchev–Trinajstić information content (AvgIpc) is 2.71. The number of H-pyrrole nitrogens is 1. The predicted octanol–water partition coefficient (Wildman–Crippen LogP) is 4.63. The number of nitrogens with one attached hydrogen (secondary N) is 1. The van der Waals surface area contributed by atoms with Crippen LogP contribution in [-0.2, 0) is 0 Å². The van der Waals surface area contributed by atoms with Crippen molar-refractivity contribution in [1.29, 1.82) is 0 Å². The normalized spacial score (nSPS) is 13.4. The molecular formula is C14H19BrN2S. The van der Waals surface area contributed by atoms with Gasteiger partial charge in [-0.2, -0.15) is 0 Å². The number of rotatable bonds is 5. The fraction of sp³-hybridized carbons (Fsp3) is 0.500. The molecule has 2 rings (SSSR count). The van der Waals surface area contributed by atoms with Gasteiger partial charge in [-0.1, -0.05) is 47.6 Å². The third-order valence-corrected chi connectivity index (χ3v) is 5.08. The highest BCUT2D eigenvalue weighted by Gasteiger charge is 2.13. The Morgan fingerprint density at radius 1 is 1.39 bits per heavy atom. The van der Waals surface area contributed by atoms with Gasteiger partial charge in [0, 0.05) is 11.1 Å². The summed E-state index contributed by atoms with van der Waals surface area (Å²) in [5.41, 5.74) is 3.46. The predicted molar refractivity (Wildman–Crippen MR) is 83.7 cm³/mol. The van der Waals surface area contributed by atoms with Crippen LogP contribution in [0.2, 0.25) is 0 Å². The van der Waals surface area contributed by atoms with Gasteiger partial charge in [0.2, 0.25) is 0 Å². The van der Waals surface area contributed by atoms with E-state index in [2.05, 4.69) is 64.9 Å². The molecule has 2 nitrogen and oxygen atoms in total. The highest BCUT2D eigenvalue weighted by Crippen LogP contribution is 2.25. The molecule has 0 spiro atoms. The quantitative estimate of drug-likeness (QED) is 0.641. The number of benzene rings is 1. The third-order valence-electron chi connectivity index (χ3n) is 3.19. The number of alkyl halides is 1. The second-order valence-electron chi connectivity index (χ2n) is 5.03. The van der Waals surface area contributed by atoms with Crippen molar-refractivity contribution < 1.29 is 0 Å². The number of hydrogen-bond donors (Lipinski definition) is 1. The minimum absolute atomic E-state index is 0.685. The number of fused-ring (bicyclic) bond motifs is 1. The van der Waals surface area contributed by atoms with Crippen LogP contribution in [0.4, 0.5) is 0 Å². The third kappa shape index (κ3) is 3.29. The van der Waals surface area contributed by atoms with Crippen LogP contribution >= 0.6 is 27.7 Å². The topological polar surface area (TPSA) is 28.7 Å². The van der Waals surface area contributed by atoms with Crippen LogP contribution in [0.1, 0.15) is 19.4 Å². The lowest BCUT2D eigenvalue weighted by atomic mass is 10.0. The van der Waals surface area contributed by atoms with Crippen LogP contribution in [-0.4, -0.2) is 21.1 Å². The van der Waals surface area contributed by atoms with E-state index in [-0.39, 0.29) is 0 Å². The zero-order valence-corrected chi connectivity index (χ0v) is 13.4. The lowest BCUT2D eigenvalue weighted by Crippen LogP contribution is -2.12. The summed E-state index contributed by atoms with van der Waals surface area (Å²) >= 11 is 5.41. The molecule has 4 heteroatoms. The van der Waals surface area contributed by atoms with Gasteiger partial charge in [-0.05, 0) is 36.5 Å². The van der Waals surface area contributed by atoms with Crippen LogP contribution in [0.25, 0.3) is 11.0 Å². The van der Waals surface area contributed by atoms with Crippen molar-refractivity contribution in [2.45, 2.75) is 25.9 Å². The summed E-state index contributed by atoms with van der Waals surface area (Å²) in [6.45, 7) is 6.65. The Bertz CT molecular complexity index is 521. The molecule has 0 aliphatic rings. The first kappa shape index (κ1) is 13.9. The molecule has 1 N–H and O–H groups in total. The molecule has 0 saturated heterocycles. The Morgan fingerprint density at radius 3 is 2.83 bits per heavy atom. The monoisotopic (exact) mass is 326 g/mol. The van der Waals surface area contributed by atoms with E-state index in [1.54, 1.807) is 0 Å². The Labute approximate surface area is 121 Å². The zero-order chi connectivity index (χ0) is 13.1. The van der Waals surface area contributed by atoms with E-state index in [1.807, 2.05) is 11.8 Å². The summed E-state index contributed by atoms with van der Waals surface area (Å²) in [6, 6.07) is 6.33. The summed E-state index contributed by atoms with van der Waals surface area (Å²) in [5, 5.41) is 2.08. The average molecular weight is 327 g/mol. The molecule has 1 unspecified atom stereocenters. The van der Waals surface area contributed by atoms with Crippen molar-refractivity contribution in [3.63, 3.8) is 0 Å². The molecule has 0 amide bonds. The van der Waals surface area contributed by atoms with Crippen molar-refractivity contribution in [3.05, 3.63) is 23.8 Å². The van der Waals surface area contributed by atoms with E-state index in [1.165, 1.54) is 5.56 Å². The Hall–Kier alpha value is -0.480.